The molecule has 0 atom stereocenters. The molecule has 6 heteroatoms. The molecule has 2 aromatic carbocycles. The summed E-state index contributed by atoms with van der Waals surface area (Å²) in [6.45, 7) is 2.37. The third kappa shape index (κ3) is 3.00. The van der Waals surface area contributed by atoms with E-state index in [1.807, 2.05) is 37.3 Å². The number of carbonyl (C=O) groups excluding carboxylic acids is 1. The summed E-state index contributed by atoms with van der Waals surface area (Å²) in [6, 6.07) is 16.1. The number of halogens is 1. The summed E-state index contributed by atoms with van der Waals surface area (Å²) >= 11 is 11.5. The van der Waals surface area contributed by atoms with E-state index in [0.717, 1.165) is 5.69 Å². The molecule has 1 saturated heterocycles. The lowest BCUT2D eigenvalue weighted by Gasteiger charge is -2.17. The first-order valence-corrected chi connectivity index (χ1v) is 8.23. The van der Waals surface area contributed by atoms with Crippen LogP contribution in [0.2, 0.25) is 5.02 Å². The van der Waals surface area contributed by atoms with Gasteiger partial charge in [0.1, 0.15) is 16.9 Å². The van der Waals surface area contributed by atoms with Gasteiger partial charge in [0.15, 0.2) is 0 Å². The summed E-state index contributed by atoms with van der Waals surface area (Å²) in [7, 11) is 0. The summed E-state index contributed by atoms with van der Waals surface area (Å²) < 4.78 is 5.40. The highest BCUT2D eigenvalue weighted by atomic mass is 35.5. The van der Waals surface area contributed by atoms with Crippen molar-refractivity contribution in [3.63, 3.8) is 0 Å². The van der Waals surface area contributed by atoms with Gasteiger partial charge in [-0.2, -0.15) is 0 Å². The van der Waals surface area contributed by atoms with Gasteiger partial charge in [-0.3, -0.25) is 9.80 Å². The van der Waals surface area contributed by atoms with E-state index in [9.17, 15) is 4.79 Å². The minimum Gasteiger partial charge on any atom is -0.499 e. The van der Waals surface area contributed by atoms with Crippen LogP contribution in [-0.2, 0) is 4.74 Å². The summed E-state index contributed by atoms with van der Waals surface area (Å²) in [6.07, 6.45) is 1.53. The summed E-state index contributed by atoms with van der Waals surface area (Å²) in [5.74, 6) is 0. The maximum absolute atomic E-state index is 13.0. The van der Waals surface area contributed by atoms with Crippen molar-refractivity contribution in [3.8, 4) is 0 Å². The molecule has 122 valence electrons. The Morgan fingerprint density at radius 2 is 1.67 bits per heavy atom. The van der Waals surface area contributed by atoms with Crippen LogP contribution in [-0.4, -0.2) is 17.6 Å². The molecule has 0 N–H and O–H groups in total. The molecule has 24 heavy (non-hydrogen) atoms. The molecule has 0 aromatic heterocycles. The first-order valence-electron chi connectivity index (χ1n) is 7.44. The van der Waals surface area contributed by atoms with E-state index in [1.54, 1.807) is 29.2 Å². The van der Waals surface area contributed by atoms with Gasteiger partial charge in [-0.15, -0.1) is 0 Å². The molecule has 0 aliphatic carbocycles. The van der Waals surface area contributed by atoms with Gasteiger partial charge >= 0.3 is 6.03 Å². The lowest BCUT2D eigenvalue weighted by molar-refractivity contribution is 0.255. The summed E-state index contributed by atoms with van der Waals surface area (Å²) in [5, 5.41) is 0.598. The van der Waals surface area contributed by atoms with Crippen LogP contribution < -0.4 is 9.80 Å². The molecule has 1 fully saturated rings. The molecule has 1 aliphatic heterocycles. The lowest BCUT2D eigenvalue weighted by Crippen LogP contribution is -2.32. The van der Waals surface area contributed by atoms with E-state index < -0.39 is 0 Å². The molecule has 1 aliphatic rings. The normalized spacial score (nSPS) is 16.2. The van der Waals surface area contributed by atoms with Crippen LogP contribution in [0.4, 0.5) is 16.2 Å². The predicted octanol–water partition coefficient (Wildman–Crippen LogP) is 4.99. The number of benzene rings is 2. The molecular formula is C18H15ClN2O2S. The van der Waals surface area contributed by atoms with Crippen molar-refractivity contribution in [1.29, 1.82) is 0 Å². The number of ether oxygens (including phenoxy) is 1. The van der Waals surface area contributed by atoms with Crippen molar-refractivity contribution in [3.05, 3.63) is 71.6 Å². The van der Waals surface area contributed by atoms with Crippen molar-refractivity contribution < 1.29 is 9.53 Å². The zero-order valence-electron chi connectivity index (χ0n) is 13.0. The average molecular weight is 359 g/mol. The number of urea groups is 1. The first-order chi connectivity index (χ1) is 11.6. The number of hydrogen-bond acceptors (Lipinski definition) is 3. The highest BCUT2D eigenvalue weighted by molar-refractivity contribution is 7.81. The van der Waals surface area contributed by atoms with Gasteiger partial charge in [-0.1, -0.05) is 42.0 Å². The number of amides is 2. The van der Waals surface area contributed by atoms with Gasteiger partial charge in [-0.25, -0.2) is 4.79 Å². The maximum Gasteiger partial charge on any atom is 0.339 e. The summed E-state index contributed by atoms with van der Waals surface area (Å²) in [4.78, 5) is 16.4. The number of rotatable bonds is 4. The van der Waals surface area contributed by atoms with Crippen LogP contribution in [0.3, 0.4) is 0 Å². The zero-order chi connectivity index (χ0) is 17.1. The third-order valence-electron chi connectivity index (χ3n) is 3.51. The molecule has 0 saturated carbocycles. The first kappa shape index (κ1) is 16.5. The fourth-order valence-corrected chi connectivity index (χ4v) is 2.86. The zero-order valence-corrected chi connectivity index (χ0v) is 14.6. The molecule has 0 unspecified atom stereocenters. The molecule has 1 heterocycles. The van der Waals surface area contributed by atoms with Crippen LogP contribution in [0.1, 0.15) is 6.92 Å². The van der Waals surface area contributed by atoms with Gasteiger partial charge in [0.2, 0.25) is 0 Å². The average Bonchev–Trinajstić information content (AvgIpc) is 2.85. The van der Waals surface area contributed by atoms with Crippen LogP contribution >= 0.6 is 23.8 Å². The van der Waals surface area contributed by atoms with Gasteiger partial charge in [0.25, 0.3) is 0 Å². The molecule has 0 spiro atoms. The van der Waals surface area contributed by atoms with E-state index >= 15 is 0 Å². The second kappa shape index (κ2) is 7.03. The Hall–Kier alpha value is -2.37. The highest BCUT2D eigenvalue weighted by Gasteiger charge is 2.40. The Bertz CT molecular complexity index is 790. The van der Waals surface area contributed by atoms with Crippen molar-refractivity contribution in [2.75, 3.05) is 16.4 Å². The minimum absolute atomic E-state index is 0.250. The number of hydrogen-bond donors (Lipinski definition) is 0. The Morgan fingerprint density at radius 3 is 2.29 bits per heavy atom. The Kier molecular flexibility index (Phi) is 4.83. The van der Waals surface area contributed by atoms with E-state index in [2.05, 4.69) is 0 Å². The van der Waals surface area contributed by atoms with Crippen LogP contribution in [0.5, 0.6) is 0 Å². The van der Waals surface area contributed by atoms with E-state index in [4.69, 9.17) is 28.6 Å². The second-order valence-corrected chi connectivity index (χ2v) is 5.85. The molecule has 2 aromatic rings. The Morgan fingerprint density at radius 1 is 1.04 bits per heavy atom. The molecule has 4 nitrogen and oxygen atoms in total. The van der Waals surface area contributed by atoms with Crippen molar-refractivity contribution in [2.24, 2.45) is 0 Å². The Balaban J connectivity index is 2.06. The molecular weight excluding hydrogens is 344 g/mol. The smallest absolute Gasteiger partial charge is 0.339 e. The van der Waals surface area contributed by atoms with E-state index in [1.165, 1.54) is 11.2 Å². The monoisotopic (exact) mass is 358 g/mol. The Labute approximate surface area is 150 Å². The predicted molar refractivity (Wildman–Crippen MR) is 101 cm³/mol. The van der Waals surface area contributed by atoms with Gasteiger partial charge in [0.05, 0.1) is 18.0 Å². The molecule has 0 radical (unpaired) electrons. The van der Waals surface area contributed by atoms with Crippen LogP contribution in [0.15, 0.2) is 66.6 Å². The third-order valence-corrected chi connectivity index (χ3v) is 4.15. The quantitative estimate of drug-likeness (QED) is 0.438. The SMILES string of the molecule is CCO/C=C1/C(=S)N(c2ccc(Cl)cc2)C(=O)N1c1ccccc1. The lowest BCUT2D eigenvalue weighted by atomic mass is 10.3. The number of carbonyl (C=O) groups is 1. The van der Waals surface area contributed by atoms with Crippen molar-refractivity contribution in [1.82, 2.24) is 0 Å². The van der Waals surface area contributed by atoms with Crippen molar-refractivity contribution in [2.45, 2.75) is 6.92 Å². The fraction of sp³-hybridized carbons (Fsp3) is 0.111. The van der Waals surface area contributed by atoms with Gasteiger partial charge in [0, 0.05) is 5.02 Å². The number of anilines is 2. The van der Waals surface area contributed by atoms with E-state index in [0.29, 0.717) is 28.0 Å². The van der Waals surface area contributed by atoms with Crippen molar-refractivity contribution >= 4 is 46.2 Å². The largest absolute Gasteiger partial charge is 0.499 e. The van der Waals surface area contributed by atoms with Gasteiger partial charge in [-0.05, 0) is 43.3 Å². The maximum atomic E-state index is 13.0. The standard InChI is InChI=1S/C18H15ClN2O2S/c1-2-23-12-16-17(24)21(15-10-8-13(19)9-11-15)18(22)20(16)14-6-4-3-5-7-14/h3-12H,2H2,1H3/b16-12-. The number of thiocarbonyl (C=S) groups is 1. The second-order valence-electron chi connectivity index (χ2n) is 5.03. The fourth-order valence-electron chi connectivity index (χ4n) is 2.41. The van der Waals surface area contributed by atoms with Gasteiger partial charge < -0.3 is 4.74 Å². The molecule has 0 bridgehead atoms. The summed E-state index contributed by atoms with van der Waals surface area (Å²) in [5.41, 5.74) is 1.93. The number of nitrogens with zero attached hydrogens (tertiary/aromatic N) is 2. The number of para-hydroxylation sites is 1. The van der Waals surface area contributed by atoms with Crippen LogP contribution in [0, 0.1) is 0 Å². The molecule has 3 rings (SSSR count). The van der Waals surface area contributed by atoms with Crippen LogP contribution in [0.25, 0.3) is 0 Å². The topological polar surface area (TPSA) is 32.8 Å². The highest BCUT2D eigenvalue weighted by Crippen LogP contribution is 2.33. The minimum atomic E-state index is -0.250. The van der Waals surface area contributed by atoms with E-state index in [-0.39, 0.29) is 6.03 Å². The molecule has 2 amide bonds.